The Morgan fingerprint density at radius 1 is 0.862 bits per heavy atom. The van der Waals surface area contributed by atoms with E-state index < -0.39 is 0 Å². The molecule has 0 spiro atoms. The predicted molar refractivity (Wildman–Crippen MR) is 119 cm³/mol. The second-order valence-corrected chi connectivity index (χ2v) is 7.36. The summed E-state index contributed by atoms with van der Waals surface area (Å²) >= 11 is 0. The molecule has 1 aliphatic rings. The number of piperazine rings is 1. The molecule has 0 saturated carbocycles. The lowest BCUT2D eigenvalue weighted by Gasteiger charge is -2.36. The van der Waals surface area contributed by atoms with Crippen LogP contribution in [-0.2, 0) is 0 Å². The van der Waals surface area contributed by atoms with Crippen molar-refractivity contribution in [3.63, 3.8) is 0 Å². The minimum atomic E-state index is 0.787. The zero-order valence-electron chi connectivity index (χ0n) is 17.2. The molecular formula is C23H27N5O. The van der Waals surface area contributed by atoms with Gasteiger partial charge in [0.25, 0.3) is 0 Å². The summed E-state index contributed by atoms with van der Waals surface area (Å²) < 4.78 is 5.25. The number of methoxy groups -OCH3 is 1. The highest BCUT2D eigenvalue weighted by atomic mass is 16.5. The fourth-order valence-corrected chi connectivity index (χ4v) is 3.59. The molecule has 150 valence electrons. The van der Waals surface area contributed by atoms with Crippen molar-refractivity contribution < 1.29 is 4.74 Å². The summed E-state index contributed by atoms with van der Waals surface area (Å²) in [6.45, 7) is 7.75. The maximum absolute atomic E-state index is 5.25. The minimum absolute atomic E-state index is 0.787. The number of ether oxygens (including phenoxy) is 1. The minimum Gasteiger partial charge on any atom is -0.497 e. The molecule has 6 heteroatoms. The fraction of sp³-hybridized carbons (Fsp3) is 0.304. The molecule has 0 atom stereocenters. The number of anilines is 4. The third kappa shape index (κ3) is 4.59. The molecule has 0 radical (unpaired) electrons. The number of aryl methyl sites for hydroxylation is 2. The molecule has 4 rings (SSSR count). The van der Waals surface area contributed by atoms with E-state index in [0.29, 0.717) is 0 Å². The number of rotatable bonds is 5. The fourth-order valence-electron chi connectivity index (χ4n) is 3.59. The number of nitrogens with zero attached hydrogens (tertiary/aromatic N) is 4. The summed E-state index contributed by atoms with van der Waals surface area (Å²) in [4.78, 5) is 14.1. The Balaban J connectivity index is 1.44. The predicted octanol–water partition coefficient (Wildman–Crippen LogP) is 4.17. The zero-order valence-corrected chi connectivity index (χ0v) is 17.2. The van der Waals surface area contributed by atoms with Crippen molar-refractivity contribution in [3.8, 4) is 5.75 Å². The van der Waals surface area contributed by atoms with E-state index in [9.17, 15) is 0 Å². The molecule has 0 bridgehead atoms. The lowest BCUT2D eigenvalue weighted by atomic mass is 10.2. The largest absolute Gasteiger partial charge is 0.497 e. The van der Waals surface area contributed by atoms with E-state index >= 15 is 0 Å². The van der Waals surface area contributed by atoms with Crippen LogP contribution in [0.15, 0.2) is 54.6 Å². The van der Waals surface area contributed by atoms with E-state index in [0.717, 1.165) is 55.1 Å². The van der Waals surface area contributed by atoms with Gasteiger partial charge in [-0.25, -0.2) is 4.98 Å². The normalized spacial score (nSPS) is 14.0. The van der Waals surface area contributed by atoms with Gasteiger partial charge in [-0.3, -0.25) is 0 Å². The topological polar surface area (TPSA) is 53.5 Å². The van der Waals surface area contributed by atoms with Crippen molar-refractivity contribution in [3.05, 3.63) is 65.9 Å². The first-order valence-electron chi connectivity index (χ1n) is 9.94. The summed E-state index contributed by atoms with van der Waals surface area (Å²) in [5.74, 6) is 2.50. The monoisotopic (exact) mass is 389 g/mol. The van der Waals surface area contributed by atoms with Crippen molar-refractivity contribution in [1.82, 2.24) is 9.97 Å². The van der Waals surface area contributed by atoms with Gasteiger partial charge in [-0.1, -0.05) is 12.1 Å². The van der Waals surface area contributed by atoms with Gasteiger partial charge in [-0.05, 0) is 55.8 Å². The van der Waals surface area contributed by atoms with Crippen molar-refractivity contribution in [2.75, 3.05) is 48.4 Å². The third-order valence-corrected chi connectivity index (χ3v) is 5.13. The van der Waals surface area contributed by atoms with E-state index in [1.807, 2.05) is 31.2 Å². The number of benzene rings is 2. The van der Waals surface area contributed by atoms with Crippen molar-refractivity contribution in [2.45, 2.75) is 13.8 Å². The van der Waals surface area contributed by atoms with Crippen molar-refractivity contribution in [1.29, 1.82) is 0 Å². The lowest BCUT2D eigenvalue weighted by Crippen LogP contribution is -2.47. The summed E-state index contributed by atoms with van der Waals surface area (Å²) in [5.41, 5.74) is 4.44. The summed E-state index contributed by atoms with van der Waals surface area (Å²) in [6, 6.07) is 18.5. The molecular weight excluding hydrogens is 362 g/mol. The third-order valence-electron chi connectivity index (χ3n) is 5.13. The first-order chi connectivity index (χ1) is 14.1. The highest BCUT2D eigenvalue weighted by Crippen LogP contribution is 2.23. The maximum Gasteiger partial charge on any atom is 0.227 e. The van der Waals surface area contributed by atoms with Crippen LogP contribution < -0.4 is 19.9 Å². The first kappa shape index (κ1) is 19.1. The van der Waals surface area contributed by atoms with Gasteiger partial charge >= 0.3 is 0 Å². The van der Waals surface area contributed by atoms with Gasteiger partial charge in [-0.2, -0.15) is 4.98 Å². The number of hydrogen-bond acceptors (Lipinski definition) is 6. The first-order valence-corrected chi connectivity index (χ1v) is 9.94. The number of hydrogen-bond donors (Lipinski definition) is 1. The average molecular weight is 390 g/mol. The van der Waals surface area contributed by atoms with Crippen molar-refractivity contribution >= 4 is 23.1 Å². The van der Waals surface area contributed by atoms with Crippen LogP contribution in [0, 0.1) is 13.8 Å². The SMILES string of the molecule is COc1ccc(N2CCN(c3nc(C)cc(Nc4cccc(C)c4)n3)CC2)cc1. The standard InChI is InChI=1S/C23H27N5O/c1-17-5-4-6-19(15-17)25-22-16-18(2)24-23(26-22)28-13-11-27(12-14-28)20-7-9-21(29-3)10-8-20/h4-10,15-16H,11-14H2,1-3H3,(H,24,25,26). The Labute approximate surface area is 172 Å². The molecule has 0 aliphatic carbocycles. The van der Waals surface area contributed by atoms with E-state index in [2.05, 4.69) is 57.4 Å². The van der Waals surface area contributed by atoms with E-state index in [1.165, 1.54) is 11.3 Å². The quantitative estimate of drug-likeness (QED) is 0.707. The summed E-state index contributed by atoms with van der Waals surface area (Å²) in [7, 11) is 1.69. The number of aromatic nitrogens is 2. The maximum atomic E-state index is 5.25. The Kier molecular flexibility index (Phi) is 5.51. The molecule has 2 aromatic carbocycles. The van der Waals surface area contributed by atoms with Crippen LogP contribution in [0.25, 0.3) is 0 Å². The highest BCUT2D eigenvalue weighted by Gasteiger charge is 2.20. The van der Waals surface area contributed by atoms with Gasteiger partial charge in [0, 0.05) is 49.3 Å². The van der Waals surface area contributed by atoms with Crippen molar-refractivity contribution in [2.24, 2.45) is 0 Å². The van der Waals surface area contributed by atoms with Crippen LogP contribution in [-0.4, -0.2) is 43.3 Å². The molecule has 0 amide bonds. The Morgan fingerprint density at radius 2 is 1.59 bits per heavy atom. The molecule has 1 saturated heterocycles. The molecule has 29 heavy (non-hydrogen) atoms. The number of nitrogens with one attached hydrogen (secondary N) is 1. The Bertz CT molecular complexity index is 965. The molecule has 1 fully saturated rings. The summed E-state index contributed by atoms with van der Waals surface area (Å²) in [6.07, 6.45) is 0. The van der Waals surface area contributed by atoms with Gasteiger partial charge in [0.05, 0.1) is 7.11 Å². The lowest BCUT2D eigenvalue weighted by molar-refractivity contribution is 0.415. The van der Waals surface area contributed by atoms with Gasteiger partial charge in [0.1, 0.15) is 11.6 Å². The summed E-state index contributed by atoms with van der Waals surface area (Å²) in [5, 5.41) is 3.41. The van der Waals surface area contributed by atoms with Crippen LogP contribution in [0.1, 0.15) is 11.3 Å². The van der Waals surface area contributed by atoms with Gasteiger partial charge in [0.15, 0.2) is 0 Å². The van der Waals surface area contributed by atoms with Gasteiger partial charge < -0.3 is 19.9 Å². The second-order valence-electron chi connectivity index (χ2n) is 7.36. The molecule has 1 N–H and O–H groups in total. The molecule has 6 nitrogen and oxygen atoms in total. The van der Waals surface area contributed by atoms with Crippen LogP contribution >= 0.6 is 0 Å². The molecule has 0 unspecified atom stereocenters. The van der Waals surface area contributed by atoms with Crippen LogP contribution in [0.4, 0.5) is 23.1 Å². The van der Waals surface area contributed by atoms with E-state index in [1.54, 1.807) is 7.11 Å². The highest BCUT2D eigenvalue weighted by molar-refractivity contribution is 5.59. The molecule has 1 aromatic heterocycles. The van der Waals surface area contributed by atoms with Crippen LogP contribution in [0.3, 0.4) is 0 Å². The van der Waals surface area contributed by atoms with Gasteiger partial charge in [0.2, 0.25) is 5.95 Å². The van der Waals surface area contributed by atoms with Gasteiger partial charge in [-0.15, -0.1) is 0 Å². The smallest absolute Gasteiger partial charge is 0.227 e. The molecule has 2 heterocycles. The van der Waals surface area contributed by atoms with E-state index in [-0.39, 0.29) is 0 Å². The Hall–Kier alpha value is -3.28. The van der Waals surface area contributed by atoms with Crippen LogP contribution in [0.2, 0.25) is 0 Å². The zero-order chi connectivity index (χ0) is 20.2. The average Bonchev–Trinajstić information content (AvgIpc) is 2.73. The van der Waals surface area contributed by atoms with E-state index in [4.69, 9.17) is 9.72 Å². The Morgan fingerprint density at radius 3 is 2.28 bits per heavy atom. The molecule has 1 aliphatic heterocycles. The second kappa shape index (κ2) is 8.39. The van der Waals surface area contributed by atoms with Crippen LogP contribution in [0.5, 0.6) is 5.75 Å². The molecule has 3 aromatic rings.